The second-order valence-corrected chi connectivity index (χ2v) is 6.80. The summed E-state index contributed by atoms with van der Waals surface area (Å²) in [4.78, 5) is 14.3. The fourth-order valence-electron chi connectivity index (χ4n) is 3.31. The van der Waals surface area contributed by atoms with Gasteiger partial charge in [-0.25, -0.2) is 4.79 Å². The largest absolute Gasteiger partial charge is 0.478 e. The lowest BCUT2D eigenvalue weighted by Crippen LogP contribution is -2.31. The molecule has 128 valence electrons. The van der Waals surface area contributed by atoms with Gasteiger partial charge in [0.2, 0.25) is 0 Å². The Balaban J connectivity index is 1.72. The van der Waals surface area contributed by atoms with Crippen molar-refractivity contribution in [3.05, 3.63) is 74.6 Å². The van der Waals surface area contributed by atoms with Crippen molar-refractivity contribution in [1.29, 1.82) is 0 Å². The number of ether oxygens (including phenoxy) is 1. The van der Waals surface area contributed by atoms with Crippen molar-refractivity contribution in [2.45, 2.75) is 33.9 Å². The highest BCUT2D eigenvalue weighted by atomic mass is 16.5. The fourth-order valence-corrected chi connectivity index (χ4v) is 3.31. The summed E-state index contributed by atoms with van der Waals surface area (Å²) in [6.45, 7) is 7.89. The molecule has 0 saturated heterocycles. The van der Waals surface area contributed by atoms with Gasteiger partial charge in [-0.05, 0) is 44.0 Å². The minimum atomic E-state index is -0.269. The quantitative estimate of drug-likeness (QED) is 0.662. The molecule has 25 heavy (non-hydrogen) atoms. The van der Waals surface area contributed by atoms with Gasteiger partial charge in [-0.15, -0.1) is 0 Å². The first-order valence-electron chi connectivity index (χ1n) is 8.49. The molecule has 0 bridgehead atoms. The molecule has 2 heterocycles. The first-order chi connectivity index (χ1) is 12.0. The minimum absolute atomic E-state index is 0.269. The van der Waals surface area contributed by atoms with E-state index in [1.807, 2.05) is 19.1 Å². The highest BCUT2D eigenvalue weighted by molar-refractivity contribution is 5.85. The lowest BCUT2D eigenvalue weighted by atomic mass is 10.0. The standard InChI is InChI=1S/C21H21NO3/c1-13-4-6-16(7-5-13)10-22-11-18-19(24-12-22)9-8-17-14(2)15(3)21(23)25-20(17)18/h4-9H,10-12H2,1-3H3. The molecule has 4 heteroatoms. The third-order valence-corrected chi connectivity index (χ3v) is 5.00. The number of hydrogen-bond acceptors (Lipinski definition) is 4. The van der Waals surface area contributed by atoms with Gasteiger partial charge in [0.25, 0.3) is 0 Å². The summed E-state index contributed by atoms with van der Waals surface area (Å²) in [5, 5.41) is 0.983. The van der Waals surface area contributed by atoms with Crippen molar-refractivity contribution < 1.29 is 9.15 Å². The molecular weight excluding hydrogens is 314 g/mol. The van der Waals surface area contributed by atoms with Gasteiger partial charge in [0.1, 0.15) is 18.1 Å². The first-order valence-corrected chi connectivity index (χ1v) is 8.49. The van der Waals surface area contributed by atoms with E-state index in [0.29, 0.717) is 24.4 Å². The number of aryl methyl sites for hydroxylation is 2. The smallest absolute Gasteiger partial charge is 0.339 e. The van der Waals surface area contributed by atoms with E-state index < -0.39 is 0 Å². The van der Waals surface area contributed by atoms with Crippen LogP contribution in [-0.2, 0) is 13.1 Å². The van der Waals surface area contributed by atoms with E-state index in [4.69, 9.17) is 9.15 Å². The maximum Gasteiger partial charge on any atom is 0.339 e. The molecule has 0 saturated carbocycles. The molecule has 1 aromatic heterocycles. The van der Waals surface area contributed by atoms with E-state index in [1.54, 1.807) is 6.92 Å². The van der Waals surface area contributed by atoms with Crippen LogP contribution in [-0.4, -0.2) is 11.6 Å². The number of nitrogens with zero attached hydrogens (tertiary/aromatic N) is 1. The van der Waals surface area contributed by atoms with Gasteiger partial charge in [-0.3, -0.25) is 4.90 Å². The van der Waals surface area contributed by atoms with Gasteiger partial charge in [0, 0.05) is 24.0 Å². The zero-order chi connectivity index (χ0) is 17.6. The van der Waals surface area contributed by atoms with Crippen LogP contribution >= 0.6 is 0 Å². The van der Waals surface area contributed by atoms with Gasteiger partial charge < -0.3 is 9.15 Å². The van der Waals surface area contributed by atoms with Crippen molar-refractivity contribution in [2.75, 3.05) is 6.73 Å². The van der Waals surface area contributed by atoms with E-state index in [1.165, 1.54) is 11.1 Å². The van der Waals surface area contributed by atoms with Crippen molar-refractivity contribution in [2.24, 2.45) is 0 Å². The van der Waals surface area contributed by atoms with E-state index >= 15 is 0 Å². The fraction of sp³-hybridized carbons (Fsp3) is 0.286. The summed E-state index contributed by atoms with van der Waals surface area (Å²) >= 11 is 0. The summed E-state index contributed by atoms with van der Waals surface area (Å²) in [5.74, 6) is 0.805. The van der Waals surface area contributed by atoms with Crippen LogP contribution in [0.15, 0.2) is 45.6 Å². The van der Waals surface area contributed by atoms with Crippen LogP contribution in [0.25, 0.3) is 11.0 Å². The summed E-state index contributed by atoms with van der Waals surface area (Å²) in [6, 6.07) is 12.5. The molecule has 0 radical (unpaired) electrons. The molecule has 0 unspecified atom stereocenters. The Morgan fingerprint density at radius 1 is 1.00 bits per heavy atom. The van der Waals surface area contributed by atoms with Crippen LogP contribution in [0.4, 0.5) is 0 Å². The van der Waals surface area contributed by atoms with Crippen molar-refractivity contribution >= 4 is 11.0 Å². The Labute approximate surface area is 146 Å². The molecule has 4 rings (SSSR count). The van der Waals surface area contributed by atoms with Crippen LogP contribution in [0.2, 0.25) is 0 Å². The topological polar surface area (TPSA) is 42.7 Å². The highest BCUT2D eigenvalue weighted by Crippen LogP contribution is 2.33. The monoisotopic (exact) mass is 335 g/mol. The normalized spacial score (nSPS) is 14.4. The Hall–Kier alpha value is -2.59. The van der Waals surface area contributed by atoms with E-state index in [-0.39, 0.29) is 5.63 Å². The molecule has 1 aliphatic heterocycles. The molecule has 0 atom stereocenters. The number of fused-ring (bicyclic) bond motifs is 3. The predicted molar refractivity (Wildman–Crippen MR) is 97.9 cm³/mol. The molecule has 2 aromatic carbocycles. The third-order valence-electron chi connectivity index (χ3n) is 5.00. The average molecular weight is 335 g/mol. The van der Waals surface area contributed by atoms with Crippen molar-refractivity contribution in [1.82, 2.24) is 4.90 Å². The highest BCUT2D eigenvalue weighted by Gasteiger charge is 2.22. The zero-order valence-electron chi connectivity index (χ0n) is 14.8. The van der Waals surface area contributed by atoms with Crippen LogP contribution in [0.5, 0.6) is 5.75 Å². The van der Waals surface area contributed by atoms with E-state index in [9.17, 15) is 4.79 Å². The third kappa shape index (κ3) is 2.83. The molecule has 0 spiro atoms. The Morgan fingerprint density at radius 3 is 2.52 bits per heavy atom. The lowest BCUT2D eigenvalue weighted by Gasteiger charge is -2.29. The van der Waals surface area contributed by atoms with Crippen molar-refractivity contribution in [3.63, 3.8) is 0 Å². The van der Waals surface area contributed by atoms with Crippen LogP contribution in [0, 0.1) is 20.8 Å². The van der Waals surface area contributed by atoms with Crippen LogP contribution in [0.3, 0.4) is 0 Å². The SMILES string of the molecule is Cc1ccc(CN2COc3ccc4c(C)c(C)c(=O)oc4c3C2)cc1. The lowest BCUT2D eigenvalue weighted by molar-refractivity contribution is 0.0889. The van der Waals surface area contributed by atoms with Crippen LogP contribution < -0.4 is 10.4 Å². The predicted octanol–water partition coefficient (Wildman–Crippen LogP) is 4.07. The second-order valence-electron chi connectivity index (χ2n) is 6.80. The van der Waals surface area contributed by atoms with Crippen LogP contribution in [0.1, 0.15) is 27.8 Å². The first kappa shape index (κ1) is 15.9. The Bertz CT molecular complexity index is 1000. The molecule has 1 aliphatic rings. The molecular formula is C21H21NO3. The Kier molecular flexibility index (Phi) is 3.85. The molecule has 0 amide bonds. The number of hydrogen-bond donors (Lipinski definition) is 0. The number of benzene rings is 2. The van der Waals surface area contributed by atoms with Gasteiger partial charge >= 0.3 is 5.63 Å². The minimum Gasteiger partial charge on any atom is -0.478 e. The maximum absolute atomic E-state index is 12.1. The summed E-state index contributed by atoms with van der Waals surface area (Å²) in [6.07, 6.45) is 0. The van der Waals surface area contributed by atoms with Gasteiger partial charge in [-0.2, -0.15) is 0 Å². The maximum atomic E-state index is 12.1. The number of rotatable bonds is 2. The van der Waals surface area contributed by atoms with Gasteiger partial charge in [0.05, 0.1) is 5.56 Å². The molecule has 4 nitrogen and oxygen atoms in total. The zero-order valence-corrected chi connectivity index (χ0v) is 14.8. The van der Waals surface area contributed by atoms with Gasteiger partial charge in [-0.1, -0.05) is 29.8 Å². The van der Waals surface area contributed by atoms with E-state index in [0.717, 1.165) is 28.8 Å². The summed E-state index contributed by atoms with van der Waals surface area (Å²) in [5.41, 5.74) is 5.48. The second kappa shape index (κ2) is 6.05. The van der Waals surface area contributed by atoms with Crippen molar-refractivity contribution in [3.8, 4) is 5.75 Å². The molecule has 0 N–H and O–H groups in total. The molecule has 0 fully saturated rings. The molecule has 0 aliphatic carbocycles. The average Bonchev–Trinajstić information content (AvgIpc) is 2.62. The molecule has 3 aromatic rings. The van der Waals surface area contributed by atoms with Gasteiger partial charge in [0.15, 0.2) is 0 Å². The summed E-state index contributed by atoms with van der Waals surface area (Å²) < 4.78 is 11.5. The Morgan fingerprint density at radius 2 is 1.76 bits per heavy atom. The summed E-state index contributed by atoms with van der Waals surface area (Å²) in [7, 11) is 0. The van der Waals surface area contributed by atoms with E-state index in [2.05, 4.69) is 36.1 Å².